The molecule has 0 unspecified atom stereocenters. The van der Waals surface area contributed by atoms with Crippen LogP contribution in [0.1, 0.15) is 66.2 Å². The van der Waals surface area contributed by atoms with E-state index in [2.05, 4.69) is 26.1 Å². The summed E-state index contributed by atoms with van der Waals surface area (Å²) in [4.78, 5) is 12.0. The lowest BCUT2D eigenvalue weighted by Crippen LogP contribution is -2.55. The van der Waals surface area contributed by atoms with Crippen molar-refractivity contribution in [1.29, 1.82) is 0 Å². The van der Waals surface area contributed by atoms with Crippen molar-refractivity contribution in [3.63, 3.8) is 0 Å². The molecule has 2 aliphatic rings. The van der Waals surface area contributed by atoms with Crippen LogP contribution in [0.15, 0.2) is 0 Å². The topological polar surface area (TPSA) is 69.6 Å². The summed E-state index contributed by atoms with van der Waals surface area (Å²) in [5, 5.41) is 22.5. The van der Waals surface area contributed by atoms with Gasteiger partial charge in [0.05, 0.1) is 12.2 Å². The Morgan fingerprint density at radius 2 is 1.86 bits per heavy atom. The van der Waals surface area contributed by atoms with Gasteiger partial charge in [0.25, 0.3) is 0 Å². The van der Waals surface area contributed by atoms with Gasteiger partial charge >= 0.3 is 0 Å². The molecule has 0 aromatic rings. The smallest absolute Gasteiger partial charge is 0.220 e. The summed E-state index contributed by atoms with van der Waals surface area (Å²) >= 11 is 0. The summed E-state index contributed by atoms with van der Waals surface area (Å²) in [6, 6.07) is 0. The standard InChI is InChI=1S/C18H33NO3/c1-16(2)6-5-7-17(3)11-13(10-15(21)19-8-9-20)18(4,22)12-14(16)17/h13-14,20,22H,5-12H2,1-4H3,(H,19,21)/t13-,14-,17+,18+/m0/s1. The summed E-state index contributed by atoms with van der Waals surface area (Å²) in [6.45, 7) is 9.17. The number of aliphatic hydroxyl groups excluding tert-OH is 1. The normalized spacial score (nSPS) is 40.8. The van der Waals surface area contributed by atoms with E-state index in [1.807, 2.05) is 6.92 Å². The largest absolute Gasteiger partial charge is 0.395 e. The van der Waals surface area contributed by atoms with Crippen LogP contribution in [-0.2, 0) is 4.79 Å². The fourth-order valence-electron chi connectivity index (χ4n) is 5.15. The van der Waals surface area contributed by atoms with Crippen LogP contribution in [-0.4, -0.2) is 34.9 Å². The molecule has 22 heavy (non-hydrogen) atoms. The molecule has 0 aromatic heterocycles. The quantitative estimate of drug-likeness (QED) is 0.747. The number of aliphatic hydroxyl groups is 2. The number of hydrogen-bond acceptors (Lipinski definition) is 3. The molecular weight excluding hydrogens is 278 g/mol. The lowest BCUT2D eigenvalue weighted by atomic mass is 9.47. The van der Waals surface area contributed by atoms with E-state index in [0.29, 0.717) is 18.9 Å². The lowest BCUT2D eigenvalue weighted by molar-refractivity contribution is -0.154. The maximum absolute atomic E-state index is 12.0. The van der Waals surface area contributed by atoms with Crippen molar-refractivity contribution >= 4 is 5.91 Å². The first-order valence-corrected chi connectivity index (χ1v) is 8.71. The average molecular weight is 311 g/mol. The summed E-state index contributed by atoms with van der Waals surface area (Å²) < 4.78 is 0. The summed E-state index contributed by atoms with van der Waals surface area (Å²) in [5.74, 6) is 0.457. The Morgan fingerprint density at radius 3 is 2.50 bits per heavy atom. The molecule has 0 heterocycles. The predicted octanol–water partition coefficient (Wildman–Crippen LogP) is 2.48. The van der Waals surface area contributed by atoms with E-state index in [1.54, 1.807) is 0 Å². The Hall–Kier alpha value is -0.610. The predicted molar refractivity (Wildman–Crippen MR) is 87.3 cm³/mol. The number of carbonyl (C=O) groups is 1. The van der Waals surface area contributed by atoms with Crippen LogP contribution < -0.4 is 5.32 Å². The second kappa shape index (κ2) is 6.12. The Balaban J connectivity index is 2.13. The van der Waals surface area contributed by atoms with Crippen LogP contribution in [0.5, 0.6) is 0 Å². The number of hydrogen-bond donors (Lipinski definition) is 3. The van der Waals surface area contributed by atoms with Gasteiger partial charge in [-0.2, -0.15) is 0 Å². The van der Waals surface area contributed by atoms with Crippen molar-refractivity contribution < 1.29 is 15.0 Å². The van der Waals surface area contributed by atoms with Gasteiger partial charge in [-0.05, 0) is 55.3 Å². The van der Waals surface area contributed by atoms with E-state index < -0.39 is 5.60 Å². The maximum Gasteiger partial charge on any atom is 0.220 e. The van der Waals surface area contributed by atoms with Gasteiger partial charge in [-0.25, -0.2) is 0 Å². The van der Waals surface area contributed by atoms with Crippen LogP contribution in [0.3, 0.4) is 0 Å². The minimum absolute atomic E-state index is 0.00124. The minimum atomic E-state index is -0.782. The number of carbonyl (C=O) groups excluding carboxylic acids is 1. The lowest BCUT2D eigenvalue weighted by Gasteiger charge is -2.59. The minimum Gasteiger partial charge on any atom is -0.395 e. The molecule has 0 radical (unpaired) electrons. The van der Waals surface area contributed by atoms with Gasteiger partial charge in [-0.15, -0.1) is 0 Å². The van der Waals surface area contributed by atoms with E-state index in [-0.39, 0.29) is 29.3 Å². The van der Waals surface area contributed by atoms with Crippen molar-refractivity contribution in [3.8, 4) is 0 Å². The van der Waals surface area contributed by atoms with Crippen LogP contribution in [0, 0.1) is 22.7 Å². The first-order chi connectivity index (χ1) is 10.1. The SMILES string of the molecule is CC1(C)CCC[C@]2(C)C[C@H](CC(=O)NCCO)[C@](C)(O)C[C@@H]12. The molecule has 0 spiro atoms. The molecule has 0 aliphatic heterocycles. The average Bonchev–Trinajstić information content (AvgIpc) is 2.39. The number of nitrogens with one attached hydrogen (secondary N) is 1. The van der Waals surface area contributed by atoms with Crippen molar-refractivity contribution in [2.45, 2.75) is 71.8 Å². The van der Waals surface area contributed by atoms with E-state index in [1.165, 1.54) is 19.3 Å². The zero-order chi connectivity index (χ0) is 16.6. The molecule has 3 N–H and O–H groups in total. The Labute approximate surface area is 134 Å². The molecule has 4 atom stereocenters. The monoisotopic (exact) mass is 311 g/mol. The van der Waals surface area contributed by atoms with E-state index in [9.17, 15) is 9.90 Å². The molecule has 1 amide bonds. The molecule has 0 aromatic carbocycles. The third kappa shape index (κ3) is 3.48. The number of amides is 1. The van der Waals surface area contributed by atoms with Gasteiger partial charge in [0.15, 0.2) is 0 Å². The summed E-state index contributed by atoms with van der Waals surface area (Å²) in [6.07, 6.45) is 5.73. The van der Waals surface area contributed by atoms with Crippen molar-refractivity contribution in [2.24, 2.45) is 22.7 Å². The molecule has 128 valence electrons. The van der Waals surface area contributed by atoms with Gasteiger partial charge < -0.3 is 15.5 Å². The highest BCUT2D eigenvalue weighted by atomic mass is 16.3. The maximum atomic E-state index is 12.0. The number of rotatable bonds is 4. The highest BCUT2D eigenvalue weighted by Crippen LogP contribution is 2.61. The molecule has 0 bridgehead atoms. The zero-order valence-electron chi connectivity index (χ0n) is 14.6. The van der Waals surface area contributed by atoms with Gasteiger partial charge in [-0.1, -0.05) is 27.2 Å². The third-order valence-corrected chi connectivity index (χ3v) is 6.43. The number of fused-ring (bicyclic) bond motifs is 1. The third-order valence-electron chi connectivity index (χ3n) is 6.43. The van der Waals surface area contributed by atoms with Crippen LogP contribution >= 0.6 is 0 Å². The van der Waals surface area contributed by atoms with Gasteiger partial charge in [0, 0.05) is 13.0 Å². The summed E-state index contributed by atoms with van der Waals surface area (Å²) in [7, 11) is 0. The molecule has 2 saturated carbocycles. The fourth-order valence-corrected chi connectivity index (χ4v) is 5.15. The van der Waals surface area contributed by atoms with Crippen LogP contribution in [0.25, 0.3) is 0 Å². The van der Waals surface area contributed by atoms with Crippen molar-refractivity contribution in [1.82, 2.24) is 5.32 Å². The zero-order valence-corrected chi connectivity index (χ0v) is 14.6. The van der Waals surface area contributed by atoms with Gasteiger partial charge in [-0.3, -0.25) is 4.79 Å². The molecular formula is C18H33NO3. The van der Waals surface area contributed by atoms with E-state index >= 15 is 0 Å². The van der Waals surface area contributed by atoms with Crippen molar-refractivity contribution in [2.75, 3.05) is 13.2 Å². The van der Waals surface area contributed by atoms with E-state index in [4.69, 9.17) is 5.11 Å². The Morgan fingerprint density at radius 1 is 1.18 bits per heavy atom. The first kappa shape index (κ1) is 17.7. The Bertz CT molecular complexity index is 419. The second-order valence-electron chi connectivity index (χ2n) is 8.79. The highest BCUT2D eigenvalue weighted by molar-refractivity contribution is 5.76. The van der Waals surface area contributed by atoms with Crippen molar-refractivity contribution in [3.05, 3.63) is 0 Å². The Kier molecular flexibility index (Phi) is 4.94. The first-order valence-electron chi connectivity index (χ1n) is 8.71. The summed E-state index contributed by atoms with van der Waals surface area (Å²) in [5.41, 5.74) is -0.289. The second-order valence-corrected chi connectivity index (χ2v) is 8.79. The molecule has 2 rings (SSSR count). The van der Waals surface area contributed by atoms with Gasteiger partial charge in [0.1, 0.15) is 0 Å². The molecule has 4 heteroatoms. The van der Waals surface area contributed by atoms with E-state index in [0.717, 1.165) is 12.8 Å². The molecule has 4 nitrogen and oxygen atoms in total. The van der Waals surface area contributed by atoms with Gasteiger partial charge in [0.2, 0.25) is 5.91 Å². The van der Waals surface area contributed by atoms with Crippen LogP contribution in [0.4, 0.5) is 0 Å². The molecule has 2 aliphatic carbocycles. The fraction of sp³-hybridized carbons (Fsp3) is 0.944. The van der Waals surface area contributed by atoms with Crippen LogP contribution in [0.2, 0.25) is 0 Å². The molecule has 2 fully saturated rings. The highest BCUT2D eigenvalue weighted by Gasteiger charge is 2.55. The molecule has 0 saturated heterocycles.